The summed E-state index contributed by atoms with van der Waals surface area (Å²) in [4.78, 5) is 4.21. The van der Waals surface area contributed by atoms with E-state index in [1.807, 2.05) is 48.5 Å². The van der Waals surface area contributed by atoms with Crippen molar-refractivity contribution in [3.63, 3.8) is 0 Å². The van der Waals surface area contributed by atoms with Crippen LogP contribution in [0, 0.1) is 0 Å². The van der Waals surface area contributed by atoms with E-state index < -0.39 is 0 Å². The van der Waals surface area contributed by atoms with Crippen LogP contribution in [0.2, 0.25) is 5.15 Å². The molecular formula is C21H18ClNO3. The molecule has 2 aromatic carbocycles. The molecule has 2 heterocycles. The van der Waals surface area contributed by atoms with Crippen molar-refractivity contribution in [1.29, 1.82) is 0 Å². The maximum atomic E-state index is 6.10. The molecule has 1 unspecified atom stereocenters. The second-order valence-corrected chi connectivity index (χ2v) is 6.49. The van der Waals surface area contributed by atoms with Gasteiger partial charge in [0, 0.05) is 18.6 Å². The van der Waals surface area contributed by atoms with Crippen molar-refractivity contribution in [2.24, 2.45) is 0 Å². The average molecular weight is 368 g/mol. The number of ether oxygens (including phenoxy) is 3. The lowest BCUT2D eigenvalue weighted by Gasteiger charge is -2.13. The Bertz CT molecular complexity index is 860. The van der Waals surface area contributed by atoms with Gasteiger partial charge in [0.05, 0.1) is 0 Å². The summed E-state index contributed by atoms with van der Waals surface area (Å²) in [6.45, 7) is 0.863. The largest absolute Gasteiger partial charge is 0.489 e. The summed E-state index contributed by atoms with van der Waals surface area (Å²) in [7, 11) is 0. The first kappa shape index (κ1) is 16.7. The number of rotatable bonds is 6. The summed E-state index contributed by atoms with van der Waals surface area (Å²) in [6, 6.07) is 21.4. The molecule has 0 saturated carbocycles. The van der Waals surface area contributed by atoms with Crippen molar-refractivity contribution in [3.8, 4) is 17.4 Å². The number of benzene rings is 2. The molecular weight excluding hydrogens is 350 g/mol. The van der Waals surface area contributed by atoms with Crippen LogP contribution in [0.3, 0.4) is 0 Å². The predicted molar refractivity (Wildman–Crippen MR) is 100 cm³/mol. The Morgan fingerprint density at radius 2 is 1.81 bits per heavy atom. The van der Waals surface area contributed by atoms with Gasteiger partial charge in [-0.3, -0.25) is 0 Å². The Morgan fingerprint density at radius 1 is 1.00 bits per heavy atom. The van der Waals surface area contributed by atoms with Gasteiger partial charge in [-0.25, -0.2) is 4.98 Å². The number of halogens is 1. The highest BCUT2D eigenvalue weighted by Gasteiger charge is 2.23. The number of pyridine rings is 1. The third kappa shape index (κ3) is 4.09. The van der Waals surface area contributed by atoms with E-state index in [1.165, 1.54) is 5.56 Å². The van der Waals surface area contributed by atoms with Crippen LogP contribution in [-0.4, -0.2) is 17.7 Å². The summed E-state index contributed by atoms with van der Waals surface area (Å²) in [6.07, 6.45) is 0.801. The first-order valence-corrected chi connectivity index (χ1v) is 8.86. The summed E-state index contributed by atoms with van der Waals surface area (Å²) in [5.74, 6) is 1.98. The highest BCUT2D eigenvalue weighted by atomic mass is 35.5. The van der Waals surface area contributed by atoms with Crippen molar-refractivity contribution in [3.05, 3.63) is 83.0 Å². The van der Waals surface area contributed by atoms with E-state index in [9.17, 15) is 0 Å². The minimum Gasteiger partial charge on any atom is -0.489 e. The molecule has 1 atom stereocenters. The van der Waals surface area contributed by atoms with Gasteiger partial charge in [-0.15, -0.1) is 0 Å². The Kier molecular flexibility index (Phi) is 4.93. The molecule has 0 saturated heterocycles. The molecule has 3 aromatic rings. The molecule has 132 valence electrons. The summed E-state index contributed by atoms with van der Waals surface area (Å²) >= 11 is 6.10. The fraction of sp³-hybridized carbons (Fsp3) is 0.190. The molecule has 4 rings (SSSR count). The predicted octanol–water partition coefficient (Wildman–Crippen LogP) is 4.70. The molecule has 1 aliphatic heterocycles. The standard InChI is InChI=1S/C21H18ClNO3/c22-20-11-17(24-13-15-6-2-1-3-7-15)12-21(23-20)25-14-18-10-16-8-4-5-9-19(16)26-18/h1-9,11-12,18H,10,13-14H2. The van der Waals surface area contributed by atoms with Gasteiger partial charge in [-0.2, -0.15) is 0 Å². The Morgan fingerprint density at radius 3 is 2.65 bits per heavy atom. The smallest absolute Gasteiger partial charge is 0.218 e. The van der Waals surface area contributed by atoms with Crippen molar-refractivity contribution >= 4 is 11.6 Å². The number of hydrogen-bond acceptors (Lipinski definition) is 4. The normalized spacial score (nSPS) is 15.2. The van der Waals surface area contributed by atoms with E-state index in [1.54, 1.807) is 12.1 Å². The Balaban J connectivity index is 1.36. The first-order valence-electron chi connectivity index (χ1n) is 8.48. The van der Waals surface area contributed by atoms with Gasteiger partial charge in [0.2, 0.25) is 5.88 Å². The van der Waals surface area contributed by atoms with Gasteiger partial charge >= 0.3 is 0 Å². The fourth-order valence-electron chi connectivity index (χ4n) is 2.87. The topological polar surface area (TPSA) is 40.6 Å². The molecule has 0 N–H and O–H groups in total. The lowest BCUT2D eigenvalue weighted by Crippen LogP contribution is -2.22. The van der Waals surface area contributed by atoms with Crippen LogP contribution < -0.4 is 14.2 Å². The fourth-order valence-corrected chi connectivity index (χ4v) is 3.06. The summed E-state index contributed by atoms with van der Waals surface area (Å²) in [5, 5.41) is 0.334. The molecule has 0 fully saturated rings. The lowest BCUT2D eigenvalue weighted by atomic mass is 10.1. The van der Waals surface area contributed by atoms with Crippen LogP contribution >= 0.6 is 11.6 Å². The molecule has 0 amide bonds. The van der Waals surface area contributed by atoms with Crippen LogP contribution in [0.4, 0.5) is 0 Å². The first-order chi connectivity index (χ1) is 12.8. The van der Waals surface area contributed by atoms with Crippen LogP contribution in [0.15, 0.2) is 66.7 Å². The lowest BCUT2D eigenvalue weighted by molar-refractivity contribution is 0.144. The second-order valence-electron chi connectivity index (χ2n) is 6.10. The number of hydrogen-bond donors (Lipinski definition) is 0. The zero-order valence-electron chi connectivity index (χ0n) is 14.1. The number of aromatic nitrogens is 1. The maximum Gasteiger partial charge on any atom is 0.218 e. The molecule has 1 aromatic heterocycles. The van der Waals surface area contributed by atoms with Gasteiger partial charge in [0.15, 0.2) is 0 Å². The van der Waals surface area contributed by atoms with Gasteiger partial charge < -0.3 is 14.2 Å². The van der Waals surface area contributed by atoms with Crippen molar-refractivity contribution < 1.29 is 14.2 Å². The van der Waals surface area contributed by atoms with E-state index in [2.05, 4.69) is 11.1 Å². The van der Waals surface area contributed by atoms with Crippen LogP contribution in [-0.2, 0) is 13.0 Å². The zero-order chi connectivity index (χ0) is 17.8. The van der Waals surface area contributed by atoms with E-state index in [-0.39, 0.29) is 6.10 Å². The number of nitrogens with zero attached hydrogens (tertiary/aromatic N) is 1. The van der Waals surface area contributed by atoms with Gasteiger partial charge in [0.25, 0.3) is 0 Å². The van der Waals surface area contributed by atoms with Crippen molar-refractivity contribution in [2.45, 2.75) is 19.1 Å². The monoisotopic (exact) mass is 367 g/mol. The SMILES string of the molecule is Clc1cc(OCc2ccccc2)cc(OCC2Cc3ccccc3O2)n1. The van der Waals surface area contributed by atoms with Gasteiger partial charge in [-0.05, 0) is 17.2 Å². The third-order valence-electron chi connectivity index (χ3n) is 4.12. The molecule has 1 aliphatic rings. The van der Waals surface area contributed by atoms with Crippen LogP contribution in [0.5, 0.6) is 17.4 Å². The quantitative estimate of drug-likeness (QED) is 0.592. The maximum absolute atomic E-state index is 6.10. The van der Waals surface area contributed by atoms with E-state index >= 15 is 0 Å². The summed E-state index contributed by atoms with van der Waals surface area (Å²) in [5.41, 5.74) is 2.28. The van der Waals surface area contributed by atoms with Crippen molar-refractivity contribution in [2.75, 3.05) is 6.61 Å². The van der Waals surface area contributed by atoms with Gasteiger partial charge in [0.1, 0.15) is 36.0 Å². The molecule has 0 radical (unpaired) electrons. The molecule has 26 heavy (non-hydrogen) atoms. The minimum absolute atomic E-state index is 0.0260. The second kappa shape index (κ2) is 7.67. The van der Waals surface area contributed by atoms with Crippen LogP contribution in [0.1, 0.15) is 11.1 Å². The zero-order valence-corrected chi connectivity index (χ0v) is 14.9. The highest BCUT2D eigenvalue weighted by Crippen LogP contribution is 2.29. The Hall–Kier alpha value is -2.72. The average Bonchev–Trinajstić information content (AvgIpc) is 3.08. The van der Waals surface area contributed by atoms with E-state index in [4.69, 9.17) is 25.8 Å². The number of para-hydroxylation sites is 1. The summed E-state index contributed by atoms with van der Waals surface area (Å²) < 4.78 is 17.5. The molecule has 4 nitrogen and oxygen atoms in total. The van der Waals surface area contributed by atoms with Gasteiger partial charge in [-0.1, -0.05) is 60.1 Å². The Labute approximate surface area is 157 Å². The minimum atomic E-state index is -0.0260. The molecule has 0 aliphatic carbocycles. The van der Waals surface area contributed by atoms with Crippen LogP contribution in [0.25, 0.3) is 0 Å². The highest BCUT2D eigenvalue weighted by molar-refractivity contribution is 6.29. The van der Waals surface area contributed by atoms with Crippen molar-refractivity contribution in [1.82, 2.24) is 4.98 Å². The molecule has 0 bridgehead atoms. The number of fused-ring (bicyclic) bond motifs is 1. The third-order valence-corrected chi connectivity index (χ3v) is 4.32. The van der Waals surface area contributed by atoms with E-state index in [0.717, 1.165) is 17.7 Å². The van der Waals surface area contributed by atoms with E-state index in [0.29, 0.717) is 30.0 Å². The molecule has 0 spiro atoms. The molecule has 5 heteroatoms.